The van der Waals surface area contributed by atoms with Gasteiger partial charge in [-0.15, -0.1) is 0 Å². The maximum atomic E-state index is 13.1. The van der Waals surface area contributed by atoms with Gasteiger partial charge in [-0.25, -0.2) is 0 Å². The monoisotopic (exact) mass is 366 g/mol. The van der Waals surface area contributed by atoms with Crippen molar-refractivity contribution in [3.8, 4) is 11.5 Å². The van der Waals surface area contributed by atoms with Crippen LogP contribution in [0, 0.1) is 0 Å². The Bertz CT molecular complexity index is 834. The smallest absolute Gasteiger partial charge is 0.237 e. The molecule has 1 aliphatic heterocycles. The molecule has 2 aromatic carbocycles. The number of hydrogen-bond acceptors (Lipinski definition) is 4. The number of benzene rings is 2. The van der Waals surface area contributed by atoms with Crippen LogP contribution in [-0.2, 0) is 17.8 Å². The van der Waals surface area contributed by atoms with E-state index in [-0.39, 0.29) is 18.7 Å². The highest BCUT2D eigenvalue weighted by molar-refractivity contribution is 5.79. The average molecular weight is 366 g/mol. The molecule has 0 fully saturated rings. The van der Waals surface area contributed by atoms with Crippen molar-refractivity contribution in [1.29, 1.82) is 0 Å². The van der Waals surface area contributed by atoms with Crippen LogP contribution in [0.5, 0.6) is 11.5 Å². The van der Waals surface area contributed by atoms with Gasteiger partial charge in [0.25, 0.3) is 0 Å². The summed E-state index contributed by atoms with van der Waals surface area (Å²) in [5, 5.41) is 0. The third-order valence-electron chi connectivity index (χ3n) is 5.28. The summed E-state index contributed by atoms with van der Waals surface area (Å²) in [6, 6.07) is 14.6. The Morgan fingerprint density at radius 1 is 1.11 bits per heavy atom. The Morgan fingerprint density at radius 3 is 2.78 bits per heavy atom. The number of amides is 1. The van der Waals surface area contributed by atoms with Gasteiger partial charge in [0.2, 0.25) is 12.7 Å². The van der Waals surface area contributed by atoms with E-state index in [0.29, 0.717) is 13.1 Å². The van der Waals surface area contributed by atoms with E-state index in [1.54, 1.807) is 0 Å². The van der Waals surface area contributed by atoms with Gasteiger partial charge in [-0.1, -0.05) is 30.3 Å². The van der Waals surface area contributed by atoms with E-state index in [4.69, 9.17) is 9.47 Å². The van der Waals surface area contributed by atoms with E-state index >= 15 is 0 Å². The molecule has 5 heteroatoms. The molecule has 0 bridgehead atoms. The minimum atomic E-state index is 0.118. The number of hydrogen-bond donors (Lipinski definition) is 0. The largest absolute Gasteiger partial charge is 0.454 e. The van der Waals surface area contributed by atoms with E-state index in [2.05, 4.69) is 24.3 Å². The van der Waals surface area contributed by atoms with Crippen LogP contribution in [0.2, 0.25) is 0 Å². The van der Waals surface area contributed by atoms with Gasteiger partial charge in [0.15, 0.2) is 11.5 Å². The number of nitrogens with zero attached hydrogens (tertiary/aromatic N) is 2. The molecule has 0 spiro atoms. The van der Waals surface area contributed by atoms with Crippen molar-refractivity contribution in [3.63, 3.8) is 0 Å². The minimum Gasteiger partial charge on any atom is -0.454 e. The van der Waals surface area contributed by atoms with Gasteiger partial charge in [0, 0.05) is 6.54 Å². The van der Waals surface area contributed by atoms with Crippen molar-refractivity contribution >= 4 is 5.91 Å². The normalized spacial score (nSPS) is 17.7. The Kier molecular flexibility index (Phi) is 5.03. The maximum Gasteiger partial charge on any atom is 0.237 e. The maximum absolute atomic E-state index is 13.1. The third kappa shape index (κ3) is 3.78. The van der Waals surface area contributed by atoms with Crippen molar-refractivity contribution in [2.75, 3.05) is 27.4 Å². The number of carbonyl (C=O) groups excluding carboxylic acids is 1. The van der Waals surface area contributed by atoms with Gasteiger partial charge in [-0.2, -0.15) is 0 Å². The highest BCUT2D eigenvalue weighted by atomic mass is 16.7. The fourth-order valence-corrected chi connectivity index (χ4v) is 4.02. The van der Waals surface area contributed by atoms with E-state index in [1.165, 1.54) is 11.1 Å². The van der Waals surface area contributed by atoms with Crippen molar-refractivity contribution < 1.29 is 14.3 Å². The molecule has 0 N–H and O–H groups in total. The summed E-state index contributed by atoms with van der Waals surface area (Å²) in [5.74, 6) is 1.68. The van der Waals surface area contributed by atoms with Crippen molar-refractivity contribution in [3.05, 3.63) is 59.2 Å². The van der Waals surface area contributed by atoms with Crippen LogP contribution in [0.4, 0.5) is 0 Å². The van der Waals surface area contributed by atoms with E-state index in [0.717, 1.165) is 36.3 Å². The number of likely N-dealkylation sites (N-methyl/N-ethyl adjacent to an activating group) is 1. The predicted molar refractivity (Wildman–Crippen MR) is 104 cm³/mol. The Hall–Kier alpha value is -2.53. The molecule has 5 nitrogen and oxygen atoms in total. The molecule has 1 aliphatic carbocycles. The van der Waals surface area contributed by atoms with Gasteiger partial charge < -0.3 is 19.3 Å². The van der Waals surface area contributed by atoms with Crippen LogP contribution in [0.15, 0.2) is 42.5 Å². The molecule has 2 aromatic rings. The fraction of sp³-hybridized carbons (Fsp3) is 0.409. The molecule has 4 rings (SSSR count). The summed E-state index contributed by atoms with van der Waals surface area (Å²) in [4.78, 5) is 17.1. The van der Waals surface area contributed by atoms with Gasteiger partial charge in [0.05, 0.1) is 12.6 Å². The van der Waals surface area contributed by atoms with Crippen molar-refractivity contribution in [2.45, 2.75) is 31.8 Å². The Morgan fingerprint density at radius 2 is 1.93 bits per heavy atom. The Labute approximate surface area is 160 Å². The predicted octanol–water partition coefficient (Wildman–Crippen LogP) is 3.38. The summed E-state index contributed by atoms with van der Waals surface area (Å²) in [6.07, 6.45) is 3.20. The molecule has 0 aromatic heterocycles. The molecule has 2 aliphatic rings. The number of fused-ring (bicyclic) bond motifs is 2. The molecule has 0 radical (unpaired) electrons. The molecule has 0 saturated heterocycles. The molecule has 1 atom stereocenters. The molecule has 27 heavy (non-hydrogen) atoms. The summed E-state index contributed by atoms with van der Waals surface area (Å²) >= 11 is 0. The summed E-state index contributed by atoms with van der Waals surface area (Å²) in [5.41, 5.74) is 3.72. The first-order valence-corrected chi connectivity index (χ1v) is 9.52. The molecule has 1 heterocycles. The van der Waals surface area contributed by atoms with Crippen LogP contribution in [0.1, 0.15) is 35.6 Å². The van der Waals surface area contributed by atoms with Crippen LogP contribution in [0.25, 0.3) is 0 Å². The molecule has 142 valence electrons. The SMILES string of the molecule is CN(C)CC(=O)N(Cc1ccc2c(c1)OCO2)[C@H]1CCCc2ccccc21. The summed E-state index contributed by atoms with van der Waals surface area (Å²) < 4.78 is 10.9. The van der Waals surface area contributed by atoms with Gasteiger partial charge in [0.1, 0.15) is 0 Å². The quantitative estimate of drug-likeness (QED) is 0.814. The molecule has 0 saturated carbocycles. The first kappa shape index (κ1) is 17.9. The zero-order valence-electron chi connectivity index (χ0n) is 16.0. The van der Waals surface area contributed by atoms with Crippen molar-refractivity contribution in [1.82, 2.24) is 9.80 Å². The first-order valence-electron chi connectivity index (χ1n) is 9.52. The minimum absolute atomic E-state index is 0.118. The summed E-state index contributed by atoms with van der Waals surface area (Å²) in [6.45, 7) is 1.24. The fourth-order valence-electron chi connectivity index (χ4n) is 4.02. The topological polar surface area (TPSA) is 42.0 Å². The van der Waals surface area contributed by atoms with Crippen LogP contribution >= 0.6 is 0 Å². The van der Waals surface area contributed by atoms with Gasteiger partial charge >= 0.3 is 0 Å². The summed E-state index contributed by atoms with van der Waals surface area (Å²) in [7, 11) is 3.87. The second-order valence-corrected chi connectivity index (χ2v) is 7.55. The zero-order valence-corrected chi connectivity index (χ0v) is 16.0. The molecule has 0 unspecified atom stereocenters. The van der Waals surface area contributed by atoms with E-state index in [1.807, 2.05) is 42.1 Å². The van der Waals surface area contributed by atoms with Crippen molar-refractivity contribution in [2.24, 2.45) is 0 Å². The Balaban J connectivity index is 1.65. The lowest BCUT2D eigenvalue weighted by molar-refractivity contribution is -0.135. The average Bonchev–Trinajstić information content (AvgIpc) is 3.13. The first-order chi connectivity index (χ1) is 13.1. The molecule has 1 amide bonds. The molecular formula is C22H26N2O3. The van der Waals surface area contributed by atoms with Crippen LogP contribution in [0.3, 0.4) is 0 Å². The lowest BCUT2D eigenvalue weighted by Crippen LogP contribution is -2.41. The van der Waals surface area contributed by atoms with E-state index < -0.39 is 0 Å². The number of rotatable bonds is 5. The molecular weight excluding hydrogens is 340 g/mol. The second kappa shape index (κ2) is 7.61. The van der Waals surface area contributed by atoms with Crippen LogP contribution < -0.4 is 9.47 Å². The van der Waals surface area contributed by atoms with Crippen LogP contribution in [-0.4, -0.2) is 43.1 Å². The number of ether oxygens (including phenoxy) is 2. The zero-order chi connectivity index (χ0) is 18.8. The highest BCUT2D eigenvalue weighted by Crippen LogP contribution is 2.37. The number of carbonyl (C=O) groups is 1. The van der Waals surface area contributed by atoms with E-state index in [9.17, 15) is 4.79 Å². The lowest BCUT2D eigenvalue weighted by atomic mass is 9.86. The second-order valence-electron chi connectivity index (χ2n) is 7.55. The highest BCUT2D eigenvalue weighted by Gasteiger charge is 2.29. The standard InChI is InChI=1S/C22H26N2O3/c1-23(2)14-22(25)24(13-16-10-11-20-21(12-16)27-15-26-20)19-9-5-7-17-6-3-4-8-18(17)19/h3-4,6,8,10-12,19H,5,7,9,13-15H2,1-2H3/t19-/m0/s1. The number of aryl methyl sites for hydroxylation is 1. The van der Waals surface area contributed by atoms with Gasteiger partial charge in [-0.05, 0) is 62.2 Å². The lowest BCUT2D eigenvalue weighted by Gasteiger charge is -2.36. The third-order valence-corrected chi connectivity index (χ3v) is 5.28. The van der Waals surface area contributed by atoms with Gasteiger partial charge in [-0.3, -0.25) is 4.79 Å².